The monoisotopic (exact) mass is 265 g/mol. The largest absolute Gasteiger partial charge is 0.474 e. The molecule has 1 atom stereocenters. The van der Waals surface area contributed by atoms with Crippen LogP contribution in [0.3, 0.4) is 0 Å². The van der Waals surface area contributed by atoms with Gasteiger partial charge in [0.05, 0.1) is 18.0 Å². The van der Waals surface area contributed by atoms with E-state index in [0.717, 1.165) is 25.1 Å². The van der Waals surface area contributed by atoms with Gasteiger partial charge in [-0.3, -0.25) is 4.98 Å². The lowest BCUT2D eigenvalue weighted by molar-refractivity contribution is 0.0661. The van der Waals surface area contributed by atoms with Gasteiger partial charge in [0.1, 0.15) is 6.61 Å². The van der Waals surface area contributed by atoms with Gasteiger partial charge in [0, 0.05) is 24.9 Å². The molecule has 0 aromatic carbocycles. The van der Waals surface area contributed by atoms with E-state index in [1.165, 1.54) is 0 Å². The summed E-state index contributed by atoms with van der Waals surface area (Å²) in [5.74, 6) is 0.573. The quantitative estimate of drug-likeness (QED) is 0.881. The van der Waals surface area contributed by atoms with E-state index in [1.807, 2.05) is 0 Å². The summed E-state index contributed by atoms with van der Waals surface area (Å²) < 4.78 is 11.1. The summed E-state index contributed by atoms with van der Waals surface area (Å²) in [6.07, 6.45) is 5.80. The lowest BCUT2D eigenvalue weighted by Gasteiger charge is -2.20. The van der Waals surface area contributed by atoms with Crippen LogP contribution >= 0.6 is 0 Å². The summed E-state index contributed by atoms with van der Waals surface area (Å²) in [5, 5.41) is 3.38. The predicted octanol–water partition coefficient (Wildman–Crippen LogP) is 1.92. The van der Waals surface area contributed by atoms with Crippen LogP contribution in [0.2, 0.25) is 0 Å². The molecule has 106 valence electrons. The second kappa shape index (κ2) is 6.30. The smallest absolute Gasteiger partial charge is 0.232 e. The van der Waals surface area contributed by atoms with Gasteiger partial charge < -0.3 is 14.8 Å². The molecule has 19 heavy (non-hydrogen) atoms. The van der Waals surface area contributed by atoms with Crippen molar-refractivity contribution in [1.82, 2.24) is 15.3 Å². The topological polar surface area (TPSA) is 56.3 Å². The molecule has 1 fully saturated rings. The maximum Gasteiger partial charge on any atom is 0.232 e. The molecule has 0 saturated carbocycles. The molecular weight excluding hydrogens is 242 g/mol. The summed E-state index contributed by atoms with van der Waals surface area (Å²) in [7, 11) is 0. The van der Waals surface area contributed by atoms with Crippen molar-refractivity contribution in [3.63, 3.8) is 0 Å². The van der Waals surface area contributed by atoms with E-state index in [1.54, 1.807) is 12.4 Å². The highest BCUT2D eigenvalue weighted by Gasteiger charge is 2.16. The van der Waals surface area contributed by atoms with Crippen LogP contribution < -0.4 is 10.1 Å². The minimum absolute atomic E-state index is 0.0657. The first-order valence-electron chi connectivity index (χ1n) is 6.83. The van der Waals surface area contributed by atoms with Crippen LogP contribution in [0.5, 0.6) is 5.88 Å². The molecule has 1 unspecified atom stereocenters. The van der Waals surface area contributed by atoms with Gasteiger partial charge in [-0.2, -0.15) is 0 Å². The zero-order valence-electron chi connectivity index (χ0n) is 12.0. The maximum atomic E-state index is 5.64. The predicted molar refractivity (Wildman–Crippen MR) is 73.1 cm³/mol. The van der Waals surface area contributed by atoms with Crippen LogP contribution in [0.25, 0.3) is 0 Å². The van der Waals surface area contributed by atoms with Gasteiger partial charge in [-0.15, -0.1) is 0 Å². The highest BCUT2D eigenvalue weighted by atomic mass is 16.5. The Bertz CT molecular complexity index is 398. The first-order chi connectivity index (χ1) is 9.03. The molecule has 1 aromatic heterocycles. The molecule has 5 heteroatoms. The molecule has 0 aliphatic carbocycles. The Labute approximate surface area is 114 Å². The number of rotatable bonds is 5. The number of nitrogens with zero attached hydrogens (tertiary/aromatic N) is 2. The zero-order chi connectivity index (χ0) is 13.7. The van der Waals surface area contributed by atoms with E-state index in [4.69, 9.17) is 9.47 Å². The van der Waals surface area contributed by atoms with E-state index in [9.17, 15) is 0 Å². The first-order valence-corrected chi connectivity index (χ1v) is 6.83. The molecule has 2 heterocycles. The van der Waals surface area contributed by atoms with Crippen molar-refractivity contribution in [2.75, 3.05) is 13.2 Å². The van der Waals surface area contributed by atoms with Crippen LogP contribution in [0.4, 0.5) is 0 Å². The molecule has 0 amide bonds. The van der Waals surface area contributed by atoms with Gasteiger partial charge in [0.25, 0.3) is 0 Å². The summed E-state index contributed by atoms with van der Waals surface area (Å²) >= 11 is 0. The number of aromatic nitrogens is 2. The van der Waals surface area contributed by atoms with Gasteiger partial charge in [-0.25, -0.2) is 4.98 Å². The summed E-state index contributed by atoms with van der Waals surface area (Å²) in [6, 6.07) is 0. The summed E-state index contributed by atoms with van der Waals surface area (Å²) in [5.41, 5.74) is 0.954. The molecule has 0 bridgehead atoms. The molecule has 1 saturated heterocycles. The second-order valence-electron chi connectivity index (χ2n) is 5.90. The molecule has 5 nitrogen and oxygen atoms in total. The van der Waals surface area contributed by atoms with Crippen LogP contribution in [-0.2, 0) is 11.3 Å². The molecule has 0 radical (unpaired) electrons. The Morgan fingerprint density at radius 3 is 2.95 bits per heavy atom. The van der Waals surface area contributed by atoms with Crippen molar-refractivity contribution in [3.8, 4) is 5.88 Å². The molecular formula is C14H23N3O2. The summed E-state index contributed by atoms with van der Waals surface area (Å²) in [4.78, 5) is 8.60. The number of ether oxygens (including phenoxy) is 2. The van der Waals surface area contributed by atoms with Gasteiger partial charge in [-0.1, -0.05) is 0 Å². The number of nitrogens with one attached hydrogen (secondary N) is 1. The molecule has 2 rings (SSSR count). The normalized spacial score (nSPS) is 19.6. The van der Waals surface area contributed by atoms with Gasteiger partial charge in [0.2, 0.25) is 5.88 Å². The Morgan fingerprint density at radius 2 is 2.26 bits per heavy atom. The minimum atomic E-state index is 0.0657. The molecule has 1 aliphatic heterocycles. The van der Waals surface area contributed by atoms with Crippen LogP contribution in [0.15, 0.2) is 12.4 Å². The molecule has 0 spiro atoms. The van der Waals surface area contributed by atoms with Crippen molar-refractivity contribution in [2.24, 2.45) is 0 Å². The average Bonchev–Trinajstić information content (AvgIpc) is 2.87. The fourth-order valence-electron chi connectivity index (χ4n) is 1.85. The van der Waals surface area contributed by atoms with E-state index < -0.39 is 0 Å². The van der Waals surface area contributed by atoms with Crippen molar-refractivity contribution in [2.45, 2.75) is 51.8 Å². The maximum absolute atomic E-state index is 5.64. The Morgan fingerprint density at radius 1 is 1.42 bits per heavy atom. The van der Waals surface area contributed by atoms with Gasteiger partial charge in [-0.05, 0) is 33.6 Å². The molecule has 1 aliphatic rings. The van der Waals surface area contributed by atoms with Gasteiger partial charge in [0.15, 0.2) is 0 Å². The highest BCUT2D eigenvalue weighted by Crippen LogP contribution is 2.14. The third-order valence-electron chi connectivity index (χ3n) is 2.90. The summed E-state index contributed by atoms with van der Waals surface area (Å²) in [6.45, 7) is 8.46. The lowest BCUT2D eigenvalue weighted by Crippen LogP contribution is -2.35. The SMILES string of the molecule is CC(C)(C)NCc1cncc(OCC2CCCO2)n1. The van der Waals surface area contributed by atoms with E-state index in [-0.39, 0.29) is 11.6 Å². The fraction of sp³-hybridized carbons (Fsp3) is 0.714. The first kappa shape index (κ1) is 14.2. The Balaban J connectivity index is 1.84. The van der Waals surface area contributed by atoms with Crippen LogP contribution in [0, 0.1) is 0 Å². The minimum Gasteiger partial charge on any atom is -0.474 e. The van der Waals surface area contributed by atoms with E-state index >= 15 is 0 Å². The van der Waals surface area contributed by atoms with Crippen molar-refractivity contribution in [1.29, 1.82) is 0 Å². The van der Waals surface area contributed by atoms with Crippen molar-refractivity contribution in [3.05, 3.63) is 18.1 Å². The van der Waals surface area contributed by atoms with E-state index in [2.05, 4.69) is 36.1 Å². The van der Waals surface area contributed by atoms with E-state index in [0.29, 0.717) is 19.0 Å². The zero-order valence-corrected chi connectivity index (χ0v) is 12.0. The molecule has 1 aromatic rings. The Hall–Kier alpha value is -1.20. The second-order valence-corrected chi connectivity index (χ2v) is 5.90. The third kappa shape index (κ3) is 5.12. The average molecular weight is 265 g/mol. The van der Waals surface area contributed by atoms with Crippen LogP contribution in [0.1, 0.15) is 39.3 Å². The number of hydrogen-bond acceptors (Lipinski definition) is 5. The standard InChI is InChI=1S/C14H23N3O2/c1-14(2,3)16-8-11-7-15-9-13(17-11)19-10-12-5-4-6-18-12/h7,9,12,16H,4-6,8,10H2,1-3H3. The lowest BCUT2D eigenvalue weighted by atomic mass is 10.1. The molecule has 1 N–H and O–H groups in total. The van der Waals surface area contributed by atoms with Gasteiger partial charge >= 0.3 is 0 Å². The Kier molecular flexibility index (Phi) is 4.71. The number of hydrogen-bond donors (Lipinski definition) is 1. The highest BCUT2D eigenvalue weighted by molar-refractivity contribution is 5.08. The van der Waals surface area contributed by atoms with Crippen molar-refractivity contribution < 1.29 is 9.47 Å². The fourth-order valence-corrected chi connectivity index (χ4v) is 1.85. The van der Waals surface area contributed by atoms with Crippen LogP contribution in [-0.4, -0.2) is 34.8 Å². The third-order valence-corrected chi connectivity index (χ3v) is 2.90. The van der Waals surface area contributed by atoms with Crippen molar-refractivity contribution >= 4 is 0 Å².